The molecule has 0 saturated heterocycles. The molecule has 0 amide bonds. The highest BCUT2D eigenvalue weighted by Gasteiger charge is 2.19. The van der Waals surface area contributed by atoms with E-state index in [1.165, 1.54) is 17.5 Å². The van der Waals surface area contributed by atoms with Crippen molar-refractivity contribution >= 4 is 24.2 Å². The topological polar surface area (TPSA) is 50.4 Å². The fourth-order valence-electron chi connectivity index (χ4n) is 3.13. The Hall–Kier alpha value is -1.78. The lowest BCUT2D eigenvalue weighted by molar-refractivity contribution is 0.471. The summed E-state index contributed by atoms with van der Waals surface area (Å²) in [4.78, 5) is 5.46. The third-order valence-corrected chi connectivity index (χ3v) is 4.69. The zero-order chi connectivity index (χ0) is 16.2. The molecule has 1 heterocycles. The molecule has 0 aliphatic carbocycles. The van der Waals surface area contributed by atoms with E-state index in [4.69, 9.17) is 5.73 Å². The van der Waals surface area contributed by atoms with E-state index >= 15 is 0 Å². The van der Waals surface area contributed by atoms with Crippen LogP contribution in [0.15, 0.2) is 52.4 Å². The summed E-state index contributed by atoms with van der Waals surface area (Å²) < 4.78 is 0. The number of fused-ring (bicyclic) bond motifs is 1. The minimum Gasteiger partial charge on any atom is -0.383 e. The summed E-state index contributed by atoms with van der Waals surface area (Å²) in [6.45, 7) is 3.27. The molecule has 3 rings (SSSR count). The molecule has 0 saturated carbocycles. The van der Waals surface area contributed by atoms with Crippen LogP contribution in [0.2, 0.25) is 0 Å². The maximum absolute atomic E-state index is 6.18. The molecule has 2 aromatic rings. The van der Waals surface area contributed by atoms with Gasteiger partial charge in [-0.05, 0) is 48.7 Å². The molecule has 2 aromatic carbocycles. The Morgan fingerprint density at radius 3 is 2.91 bits per heavy atom. The van der Waals surface area contributed by atoms with Crippen LogP contribution in [0.1, 0.15) is 42.5 Å². The van der Waals surface area contributed by atoms with Gasteiger partial charge in [0, 0.05) is 16.5 Å². The van der Waals surface area contributed by atoms with Crippen molar-refractivity contribution in [1.82, 2.24) is 5.32 Å². The van der Waals surface area contributed by atoms with Gasteiger partial charge in [-0.25, -0.2) is 4.99 Å². The summed E-state index contributed by atoms with van der Waals surface area (Å²) in [5.74, 6) is 0.506. The minimum absolute atomic E-state index is 0.428. The quantitative estimate of drug-likeness (QED) is 0.452. The predicted octanol–water partition coefficient (Wildman–Crippen LogP) is 4.00. The number of benzene rings is 2. The second kappa shape index (κ2) is 7.20. The van der Waals surface area contributed by atoms with E-state index in [2.05, 4.69) is 48.1 Å². The summed E-state index contributed by atoms with van der Waals surface area (Å²) in [5, 5.41) is 3.61. The highest BCUT2D eigenvalue weighted by Crippen LogP contribution is 2.30. The lowest BCUT2D eigenvalue weighted by Crippen LogP contribution is -2.29. The minimum atomic E-state index is 0.428. The van der Waals surface area contributed by atoms with Crippen molar-refractivity contribution in [2.24, 2.45) is 10.7 Å². The van der Waals surface area contributed by atoms with Crippen molar-refractivity contribution in [2.45, 2.75) is 37.1 Å². The van der Waals surface area contributed by atoms with Crippen LogP contribution in [0.5, 0.6) is 0 Å². The fraction of sp³-hybridized carbons (Fsp3) is 0.316. The SMILES string of the molecule is CCCC1NCCc2ccc(N=C(N)c3ccccc3S)cc21. The van der Waals surface area contributed by atoms with Gasteiger partial charge in [0.05, 0.1) is 5.69 Å². The van der Waals surface area contributed by atoms with Crippen molar-refractivity contribution in [3.05, 3.63) is 59.2 Å². The first-order chi connectivity index (χ1) is 11.2. The first kappa shape index (κ1) is 16.1. The fourth-order valence-corrected chi connectivity index (χ4v) is 3.41. The first-order valence-corrected chi connectivity index (χ1v) is 8.62. The first-order valence-electron chi connectivity index (χ1n) is 8.17. The van der Waals surface area contributed by atoms with Crippen LogP contribution in [0.3, 0.4) is 0 Å². The molecule has 1 aliphatic heterocycles. The number of nitrogens with one attached hydrogen (secondary N) is 1. The van der Waals surface area contributed by atoms with Gasteiger partial charge in [0.1, 0.15) is 5.84 Å². The van der Waals surface area contributed by atoms with Crippen molar-refractivity contribution < 1.29 is 0 Å². The van der Waals surface area contributed by atoms with Crippen LogP contribution in [-0.2, 0) is 6.42 Å². The number of nitrogens with zero attached hydrogens (tertiary/aromatic N) is 1. The molecule has 0 bridgehead atoms. The number of hydrogen-bond donors (Lipinski definition) is 3. The van der Waals surface area contributed by atoms with Gasteiger partial charge in [-0.2, -0.15) is 0 Å². The number of hydrogen-bond acceptors (Lipinski definition) is 3. The number of amidine groups is 1. The van der Waals surface area contributed by atoms with Gasteiger partial charge in [-0.3, -0.25) is 0 Å². The molecule has 1 aliphatic rings. The van der Waals surface area contributed by atoms with Crippen molar-refractivity contribution in [3.8, 4) is 0 Å². The van der Waals surface area contributed by atoms with E-state index in [0.717, 1.165) is 35.5 Å². The molecular weight excluding hydrogens is 302 g/mol. The maximum atomic E-state index is 6.18. The van der Waals surface area contributed by atoms with Crippen molar-refractivity contribution in [1.29, 1.82) is 0 Å². The summed E-state index contributed by atoms with van der Waals surface area (Å²) in [5.41, 5.74) is 10.8. The molecule has 1 unspecified atom stereocenters. The molecule has 120 valence electrons. The molecule has 0 aromatic heterocycles. The second-order valence-corrected chi connectivity index (χ2v) is 6.42. The lowest BCUT2D eigenvalue weighted by Gasteiger charge is -2.27. The Morgan fingerprint density at radius 2 is 2.13 bits per heavy atom. The van der Waals surface area contributed by atoms with Gasteiger partial charge in [-0.15, -0.1) is 12.6 Å². The standard InChI is InChI=1S/C19H23N3S/c1-2-5-17-16-12-14(9-8-13(16)10-11-21-17)22-19(20)15-6-3-4-7-18(15)23/h3-4,6-9,12,17,21,23H,2,5,10-11H2,1H3,(H2,20,22). The van der Waals surface area contributed by atoms with Crippen LogP contribution < -0.4 is 11.1 Å². The van der Waals surface area contributed by atoms with Crippen LogP contribution in [0.25, 0.3) is 0 Å². The molecular formula is C19H23N3S. The van der Waals surface area contributed by atoms with Crippen molar-refractivity contribution in [2.75, 3.05) is 6.54 Å². The largest absolute Gasteiger partial charge is 0.383 e. The molecule has 0 fully saturated rings. The Morgan fingerprint density at radius 1 is 1.30 bits per heavy atom. The predicted molar refractivity (Wildman–Crippen MR) is 99.9 cm³/mol. The van der Waals surface area contributed by atoms with Crippen molar-refractivity contribution in [3.63, 3.8) is 0 Å². The van der Waals surface area contributed by atoms with Crippen LogP contribution in [0.4, 0.5) is 5.69 Å². The molecule has 23 heavy (non-hydrogen) atoms. The molecule has 4 heteroatoms. The van der Waals surface area contributed by atoms with Gasteiger partial charge >= 0.3 is 0 Å². The molecule has 0 spiro atoms. The maximum Gasteiger partial charge on any atom is 0.132 e. The third kappa shape index (κ3) is 3.59. The van der Waals surface area contributed by atoms with E-state index in [1.807, 2.05) is 24.3 Å². The summed E-state index contributed by atoms with van der Waals surface area (Å²) in [6.07, 6.45) is 3.39. The highest BCUT2D eigenvalue weighted by molar-refractivity contribution is 7.80. The van der Waals surface area contributed by atoms with E-state index in [9.17, 15) is 0 Å². The van der Waals surface area contributed by atoms with E-state index < -0.39 is 0 Å². The van der Waals surface area contributed by atoms with Gasteiger partial charge < -0.3 is 11.1 Å². The van der Waals surface area contributed by atoms with Gasteiger partial charge in [0.15, 0.2) is 0 Å². The molecule has 3 nitrogen and oxygen atoms in total. The van der Waals surface area contributed by atoms with Gasteiger partial charge in [-0.1, -0.05) is 37.6 Å². The third-order valence-electron chi connectivity index (χ3n) is 4.30. The van der Waals surface area contributed by atoms with Gasteiger partial charge in [0.2, 0.25) is 0 Å². The van der Waals surface area contributed by atoms with Gasteiger partial charge in [0.25, 0.3) is 0 Å². The molecule has 0 radical (unpaired) electrons. The lowest BCUT2D eigenvalue weighted by atomic mass is 9.91. The van der Waals surface area contributed by atoms with Crippen LogP contribution >= 0.6 is 12.6 Å². The summed E-state index contributed by atoms with van der Waals surface area (Å²) >= 11 is 4.45. The average molecular weight is 325 g/mol. The summed E-state index contributed by atoms with van der Waals surface area (Å²) in [6, 6.07) is 14.6. The Labute approximate surface area is 143 Å². The molecule has 3 N–H and O–H groups in total. The monoisotopic (exact) mass is 325 g/mol. The Balaban J connectivity index is 1.94. The van der Waals surface area contributed by atoms with E-state index in [1.54, 1.807) is 0 Å². The van der Waals surface area contributed by atoms with Crippen LogP contribution in [0, 0.1) is 0 Å². The second-order valence-electron chi connectivity index (χ2n) is 5.94. The molecule has 1 atom stereocenters. The van der Waals surface area contributed by atoms with E-state index in [-0.39, 0.29) is 0 Å². The number of nitrogens with two attached hydrogens (primary N) is 1. The summed E-state index contributed by atoms with van der Waals surface area (Å²) in [7, 11) is 0. The Kier molecular flexibility index (Phi) is 5.03. The average Bonchev–Trinajstić information content (AvgIpc) is 2.56. The normalized spacial score (nSPS) is 17.8. The number of aliphatic imine (C=N–C) groups is 1. The number of thiol groups is 1. The van der Waals surface area contributed by atoms with Crippen LogP contribution in [-0.4, -0.2) is 12.4 Å². The zero-order valence-corrected chi connectivity index (χ0v) is 14.3. The Bertz CT molecular complexity index is 724. The van der Waals surface area contributed by atoms with E-state index in [0.29, 0.717) is 11.9 Å². The smallest absolute Gasteiger partial charge is 0.132 e. The zero-order valence-electron chi connectivity index (χ0n) is 13.4. The highest BCUT2D eigenvalue weighted by atomic mass is 32.1. The number of rotatable bonds is 4.